The smallest absolute Gasteiger partial charge is 0.322 e. The number of aliphatic imine (C=N–C) groups is 1. The number of rotatable bonds is 30. The zero-order chi connectivity index (χ0) is 59.9. The Labute approximate surface area is 466 Å². The first-order chi connectivity index (χ1) is 38.4. The van der Waals surface area contributed by atoms with Crippen molar-refractivity contribution in [3.05, 3.63) is 0 Å². The molecule has 0 spiro atoms. The fourth-order valence-electron chi connectivity index (χ4n) is 10.0. The number of guanidine groups is 1. The summed E-state index contributed by atoms with van der Waals surface area (Å²) in [4.78, 5) is 190. The molecule has 0 aromatic carbocycles. The average molecular weight is 1150 g/mol. The number of carboxylic acid groups (broad SMARTS) is 2. The Hall–Kier alpha value is -8.19. The van der Waals surface area contributed by atoms with Crippen LogP contribution in [0.2, 0.25) is 0 Å². The van der Waals surface area contributed by atoms with E-state index in [9.17, 15) is 72.2 Å². The molecule has 4 aliphatic rings. The van der Waals surface area contributed by atoms with Crippen molar-refractivity contribution in [2.24, 2.45) is 28.1 Å². The number of amides is 12. The molecule has 0 saturated carbocycles. The number of aliphatic carboxylic acids is 2. The molecular weight excluding hydrogens is 1070 g/mol. The molecule has 4 aliphatic heterocycles. The van der Waals surface area contributed by atoms with Crippen molar-refractivity contribution in [2.45, 2.75) is 140 Å². The molecule has 0 aromatic rings. The van der Waals surface area contributed by atoms with E-state index in [0.29, 0.717) is 38.5 Å². The number of hydrogen-bond donors (Lipinski definition) is 13. The lowest BCUT2D eigenvalue weighted by molar-refractivity contribution is -0.147. The van der Waals surface area contributed by atoms with Gasteiger partial charge in [-0.25, -0.2) is 0 Å². The van der Waals surface area contributed by atoms with Crippen LogP contribution in [0.4, 0.5) is 0 Å². The summed E-state index contributed by atoms with van der Waals surface area (Å²) in [7, 11) is 0. The van der Waals surface area contributed by atoms with Crippen molar-refractivity contribution in [1.29, 1.82) is 0 Å². The van der Waals surface area contributed by atoms with E-state index in [4.69, 9.17) is 22.3 Å². The van der Waals surface area contributed by atoms with Crippen LogP contribution in [0.1, 0.15) is 97.3 Å². The first-order valence-corrected chi connectivity index (χ1v) is 27.1. The summed E-state index contributed by atoms with van der Waals surface area (Å²) in [6.07, 6.45) is 2.07. The van der Waals surface area contributed by atoms with Gasteiger partial charge in [0.1, 0.15) is 48.8 Å². The fourth-order valence-corrected chi connectivity index (χ4v) is 10.0. The lowest BCUT2D eigenvalue weighted by Gasteiger charge is -2.31. The van der Waals surface area contributed by atoms with Gasteiger partial charge >= 0.3 is 11.9 Å². The second-order valence-electron chi connectivity index (χ2n) is 20.4. The van der Waals surface area contributed by atoms with Crippen LogP contribution in [0.15, 0.2) is 4.99 Å². The van der Waals surface area contributed by atoms with Gasteiger partial charge in [-0.15, -0.1) is 0 Å². The summed E-state index contributed by atoms with van der Waals surface area (Å²) in [5.41, 5.74) is 16.3. The largest absolute Gasteiger partial charge is 0.481 e. The Morgan fingerprint density at radius 1 is 0.519 bits per heavy atom. The highest BCUT2D eigenvalue weighted by atomic mass is 16.4. The zero-order valence-electron chi connectivity index (χ0n) is 45.7. The number of likely N-dealkylation sites (tertiary alicyclic amines) is 4. The molecule has 4 saturated heterocycles. The highest BCUT2D eigenvalue weighted by Crippen LogP contribution is 2.26. The van der Waals surface area contributed by atoms with E-state index in [0.717, 1.165) is 0 Å². The van der Waals surface area contributed by atoms with E-state index in [1.54, 1.807) is 0 Å². The van der Waals surface area contributed by atoms with Gasteiger partial charge < -0.3 is 89.5 Å². The minimum atomic E-state index is -1.58. The molecule has 16 N–H and O–H groups in total. The van der Waals surface area contributed by atoms with E-state index >= 15 is 0 Å². The Morgan fingerprint density at radius 3 is 1.57 bits per heavy atom. The van der Waals surface area contributed by atoms with Crippen LogP contribution in [-0.2, 0) is 67.1 Å². The minimum absolute atomic E-state index is 0.00163. The topological polar surface area (TPSA) is 479 Å². The van der Waals surface area contributed by atoms with Gasteiger partial charge in [0.2, 0.25) is 70.9 Å². The van der Waals surface area contributed by atoms with Gasteiger partial charge in [-0.2, -0.15) is 0 Å². The molecule has 4 heterocycles. The SMILES string of the molecule is CC(C)C[C@H](NC(=O)CN)C(=O)N1CCC[C@H]1C(=O)NCC(=O)N1CCC[C@H]1C(=O)N1CCC[C@H]1C(=O)NCC(=O)N[C@@H](CCC(=O)O)C(=O)N[C@@H](CCCN=C(N)N)C(=O)NCC(=O)NCC(=O)N1CCC[C@H]1C(=O)NCC(=O)O. The summed E-state index contributed by atoms with van der Waals surface area (Å²) >= 11 is 0. The lowest BCUT2D eigenvalue weighted by atomic mass is 10.0. The number of nitrogens with one attached hydrogen (secondary N) is 8. The molecule has 32 heteroatoms. The summed E-state index contributed by atoms with van der Waals surface area (Å²) in [6, 6.07) is -7.76. The van der Waals surface area contributed by atoms with Crippen molar-refractivity contribution in [3.63, 3.8) is 0 Å². The van der Waals surface area contributed by atoms with Gasteiger partial charge in [0.15, 0.2) is 5.96 Å². The van der Waals surface area contributed by atoms with E-state index in [1.807, 2.05) is 13.8 Å². The van der Waals surface area contributed by atoms with Crippen molar-refractivity contribution in [1.82, 2.24) is 62.1 Å². The molecule has 12 amide bonds. The van der Waals surface area contributed by atoms with E-state index in [1.165, 1.54) is 19.6 Å². The van der Waals surface area contributed by atoms with Crippen LogP contribution in [0.5, 0.6) is 0 Å². The molecule has 4 fully saturated rings. The third-order valence-electron chi connectivity index (χ3n) is 13.9. The molecule has 81 heavy (non-hydrogen) atoms. The molecule has 0 unspecified atom stereocenters. The first-order valence-electron chi connectivity index (χ1n) is 27.1. The third-order valence-corrected chi connectivity index (χ3v) is 13.9. The van der Waals surface area contributed by atoms with Crippen LogP contribution in [0.3, 0.4) is 0 Å². The molecular formula is C49H78N16O16. The molecule has 0 bridgehead atoms. The molecule has 0 aliphatic carbocycles. The van der Waals surface area contributed by atoms with Gasteiger partial charge in [0, 0.05) is 39.1 Å². The maximum absolute atomic E-state index is 14.1. The summed E-state index contributed by atoms with van der Waals surface area (Å²) in [5, 5.41) is 37.7. The highest BCUT2D eigenvalue weighted by Gasteiger charge is 2.43. The molecule has 7 atom stereocenters. The second kappa shape index (κ2) is 32.2. The lowest BCUT2D eigenvalue weighted by Crippen LogP contribution is -2.57. The molecule has 32 nitrogen and oxygen atoms in total. The average Bonchev–Trinajstić information content (AvgIpc) is 4.31. The van der Waals surface area contributed by atoms with Crippen molar-refractivity contribution in [2.75, 3.05) is 72.0 Å². The van der Waals surface area contributed by atoms with Gasteiger partial charge in [-0.3, -0.25) is 72.1 Å². The fraction of sp³-hybridized carbons (Fsp3) is 0.694. The summed E-state index contributed by atoms with van der Waals surface area (Å²) < 4.78 is 0. The summed E-state index contributed by atoms with van der Waals surface area (Å²) in [5.74, 6) is -11.2. The van der Waals surface area contributed by atoms with Crippen molar-refractivity contribution in [3.8, 4) is 0 Å². The van der Waals surface area contributed by atoms with Gasteiger partial charge in [0.25, 0.3) is 0 Å². The number of nitrogens with zero attached hydrogens (tertiary/aromatic N) is 5. The zero-order valence-corrected chi connectivity index (χ0v) is 45.7. The monoisotopic (exact) mass is 1150 g/mol. The summed E-state index contributed by atoms with van der Waals surface area (Å²) in [6.45, 7) is 1.11. The standard InChI is InChI=1S/C49H78N16O16/c1-27(2)20-30(60-35(66)21-50)47(80)64-18-5-10-32(64)46(79)57-25-39(70)63-17-7-12-34(63)48(81)65-19-6-11-33(65)45(78)56-23-37(68)59-29(13-14-40(71)72)43(76)61-28(8-3-15-53-49(51)52)42(75)55-22-36(67)54-24-38(69)62-16-4-9-31(62)44(77)58-26-41(73)74/h27-34H,3-26,50H2,1-2H3,(H,54,67)(H,55,75)(H,56,78)(H,57,79)(H,58,77)(H,59,68)(H,60,66)(H,61,76)(H,71,72)(H,73,74)(H4,51,52,53)/t28-,29-,30-,31-,32-,33-,34-/m0/s1. The van der Waals surface area contributed by atoms with Crippen LogP contribution in [-0.4, -0.2) is 233 Å². The Kier molecular flexibility index (Phi) is 25.9. The first kappa shape index (κ1) is 65.3. The van der Waals surface area contributed by atoms with Gasteiger partial charge in [0.05, 0.1) is 32.7 Å². The number of nitrogens with two attached hydrogens (primary N) is 3. The van der Waals surface area contributed by atoms with E-state index in [-0.39, 0.29) is 83.3 Å². The Morgan fingerprint density at radius 2 is 1.00 bits per heavy atom. The number of hydrogen-bond acceptors (Lipinski definition) is 16. The highest BCUT2D eigenvalue weighted by molar-refractivity contribution is 5.98. The molecule has 0 radical (unpaired) electrons. The van der Waals surface area contributed by atoms with E-state index in [2.05, 4.69) is 47.5 Å². The quantitative estimate of drug-likeness (QED) is 0.0181. The van der Waals surface area contributed by atoms with E-state index < -0.39 is 171 Å². The molecule has 450 valence electrons. The number of carbonyl (C=O) groups is 14. The Balaban J connectivity index is 1.31. The second-order valence-corrected chi connectivity index (χ2v) is 20.4. The number of carbonyl (C=O) groups excluding carboxylic acids is 12. The van der Waals surface area contributed by atoms with Crippen LogP contribution in [0, 0.1) is 5.92 Å². The van der Waals surface area contributed by atoms with Crippen LogP contribution in [0.25, 0.3) is 0 Å². The minimum Gasteiger partial charge on any atom is -0.481 e. The van der Waals surface area contributed by atoms with Crippen molar-refractivity contribution >= 4 is 88.8 Å². The van der Waals surface area contributed by atoms with Crippen molar-refractivity contribution < 1.29 is 77.3 Å². The molecule has 0 aromatic heterocycles. The molecule has 4 rings (SSSR count). The van der Waals surface area contributed by atoms with Gasteiger partial charge in [-0.05, 0) is 83.0 Å². The predicted octanol–water partition coefficient (Wildman–Crippen LogP) is -7.01. The number of carboxylic acids is 2. The normalized spacial score (nSPS) is 19.6. The van der Waals surface area contributed by atoms with Crippen LogP contribution < -0.4 is 59.7 Å². The van der Waals surface area contributed by atoms with Crippen LogP contribution >= 0.6 is 0 Å². The third kappa shape index (κ3) is 20.5. The maximum atomic E-state index is 14.1. The van der Waals surface area contributed by atoms with Gasteiger partial charge in [-0.1, -0.05) is 13.8 Å². The Bertz CT molecular complexity index is 2390. The predicted molar refractivity (Wildman–Crippen MR) is 283 cm³/mol. The maximum Gasteiger partial charge on any atom is 0.322 e.